The molecule has 9 heteroatoms. The number of nitrogens with zero attached hydrogens (tertiary/aromatic N) is 1. The molecule has 0 unspecified atom stereocenters. The van der Waals surface area contributed by atoms with Crippen LogP contribution in [0.4, 0.5) is 13.2 Å². The molecule has 1 heterocycles. The van der Waals surface area contributed by atoms with Crippen LogP contribution in [0.15, 0.2) is 107 Å². The average Bonchev–Trinajstić information content (AvgIpc) is 2.97. The molecule has 0 fully saturated rings. The lowest BCUT2D eigenvalue weighted by atomic mass is 9.78. The van der Waals surface area contributed by atoms with Crippen LogP contribution in [0.5, 0.6) is 0 Å². The summed E-state index contributed by atoms with van der Waals surface area (Å²) in [4.78, 5) is 29.0. The first-order chi connectivity index (χ1) is 19.6. The van der Waals surface area contributed by atoms with E-state index >= 15 is 0 Å². The Labute approximate surface area is 236 Å². The largest absolute Gasteiger partial charge is 0.457 e. The van der Waals surface area contributed by atoms with Gasteiger partial charge >= 0.3 is 18.1 Å². The number of allylic oxidation sites excluding steroid dienone is 2. The van der Waals surface area contributed by atoms with Crippen molar-refractivity contribution < 1.29 is 37.0 Å². The summed E-state index contributed by atoms with van der Waals surface area (Å²) in [6.07, 6.45) is -4.75. The highest BCUT2D eigenvalue weighted by atomic mass is 19.4. The Morgan fingerprint density at radius 3 is 1.61 bits per heavy atom. The molecule has 1 aliphatic rings. The Balaban J connectivity index is 1.84. The second-order valence-corrected chi connectivity index (χ2v) is 9.49. The number of carbonyl (C=O) groups is 2. The fourth-order valence-corrected chi connectivity index (χ4v) is 4.88. The van der Waals surface area contributed by atoms with Crippen LogP contribution in [0.3, 0.4) is 0 Å². The zero-order chi connectivity index (χ0) is 29.6. The molecule has 0 atom stereocenters. The van der Waals surface area contributed by atoms with E-state index in [0.717, 1.165) is 6.07 Å². The summed E-state index contributed by atoms with van der Waals surface area (Å²) in [5.74, 6) is -3.11. The van der Waals surface area contributed by atoms with E-state index in [-0.39, 0.29) is 36.7 Å². The Morgan fingerprint density at radius 1 is 0.732 bits per heavy atom. The maximum atomic E-state index is 14.3. The number of hydrogen-bond acceptors (Lipinski definition) is 6. The quantitative estimate of drug-likeness (QED) is 0.268. The van der Waals surface area contributed by atoms with Crippen molar-refractivity contribution in [2.24, 2.45) is 0 Å². The Morgan fingerprint density at radius 2 is 1.17 bits per heavy atom. The van der Waals surface area contributed by atoms with Gasteiger partial charge in [0.15, 0.2) is 0 Å². The summed E-state index contributed by atoms with van der Waals surface area (Å²) < 4.78 is 59.4. The van der Waals surface area contributed by atoms with E-state index in [0.29, 0.717) is 22.5 Å². The highest BCUT2D eigenvalue weighted by Gasteiger charge is 2.44. The zero-order valence-corrected chi connectivity index (χ0v) is 22.9. The predicted molar refractivity (Wildman–Crippen MR) is 146 cm³/mol. The Kier molecular flexibility index (Phi) is 9.29. The zero-order valence-electron chi connectivity index (χ0n) is 22.9. The molecule has 6 nitrogen and oxygen atoms in total. The molecule has 0 amide bonds. The van der Waals surface area contributed by atoms with Crippen LogP contribution in [-0.2, 0) is 43.2 Å². The SMILES string of the molecule is COCN1C(C)=C(C(=O)OCc2ccccc2)C(c2ccccc2C(F)(F)F)C(C(=O)OCc2ccccc2)=C1C. The Bertz CT molecular complexity index is 1370. The number of alkyl halides is 3. The topological polar surface area (TPSA) is 65.1 Å². The van der Waals surface area contributed by atoms with E-state index < -0.39 is 29.6 Å². The number of benzene rings is 3. The molecule has 0 aromatic heterocycles. The summed E-state index contributed by atoms with van der Waals surface area (Å²) in [6.45, 7) is 2.92. The maximum Gasteiger partial charge on any atom is 0.416 e. The molecule has 1 aliphatic heterocycles. The minimum absolute atomic E-state index is 0.0593. The fourth-order valence-electron chi connectivity index (χ4n) is 4.88. The van der Waals surface area contributed by atoms with E-state index in [9.17, 15) is 22.8 Å². The highest BCUT2D eigenvalue weighted by Crippen LogP contribution is 2.46. The molecule has 0 aliphatic carbocycles. The second-order valence-electron chi connectivity index (χ2n) is 9.49. The molecule has 4 rings (SSSR count). The van der Waals surface area contributed by atoms with Crippen molar-refractivity contribution >= 4 is 11.9 Å². The third-order valence-electron chi connectivity index (χ3n) is 6.87. The molecule has 3 aromatic carbocycles. The molecule has 0 spiro atoms. The molecule has 214 valence electrons. The lowest BCUT2D eigenvalue weighted by Crippen LogP contribution is -2.36. The van der Waals surface area contributed by atoms with Gasteiger partial charge in [-0.2, -0.15) is 13.2 Å². The van der Waals surface area contributed by atoms with Gasteiger partial charge in [0.1, 0.15) is 19.9 Å². The first kappa shape index (κ1) is 29.6. The number of rotatable bonds is 9. The van der Waals surface area contributed by atoms with Crippen LogP contribution in [0.1, 0.15) is 42.0 Å². The Hall–Kier alpha value is -4.37. The number of ether oxygens (including phenoxy) is 3. The van der Waals surface area contributed by atoms with Gasteiger partial charge in [-0.25, -0.2) is 9.59 Å². The van der Waals surface area contributed by atoms with E-state index in [1.54, 1.807) is 67.3 Å². The number of esters is 2. The molecular weight excluding hydrogens is 535 g/mol. The molecule has 3 aromatic rings. The van der Waals surface area contributed by atoms with Crippen LogP contribution in [-0.4, -0.2) is 30.7 Å². The summed E-state index contributed by atoms with van der Waals surface area (Å²) in [5.41, 5.74) is 0.587. The standard InChI is InChI=1S/C32H30F3NO5/c1-21-27(30(37)40-18-23-12-6-4-7-13-23)29(25-16-10-11-17-26(25)32(33,34)35)28(22(2)36(21)20-39-3)31(38)41-19-24-14-8-5-9-15-24/h4-17,29H,18-20H2,1-3H3. The molecule has 0 radical (unpaired) electrons. The molecule has 0 N–H and O–H groups in total. The van der Waals surface area contributed by atoms with Gasteiger partial charge in [0.25, 0.3) is 0 Å². The van der Waals surface area contributed by atoms with Gasteiger partial charge < -0.3 is 19.1 Å². The first-order valence-electron chi connectivity index (χ1n) is 12.9. The molecule has 41 heavy (non-hydrogen) atoms. The van der Waals surface area contributed by atoms with Crippen LogP contribution in [0, 0.1) is 0 Å². The molecule has 0 saturated heterocycles. The maximum absolute atomic E-state index is 14.3. The summed E-state index contributed by atoms with van der Waals surface area (Å²) >= 11 is 0. The van der Waals surface area contributed by atoms with Crippen molar-refractivity contribution in [3.8, 4) is 0 Å². The predicted octanol–water partition coefficient (Wildman–Crippen LogP) is 6.74. The van der Waals surface area contributed by atoms with E-state index in [1.807, 2.05) is 12.1 Å². The van der Waals surface area contributed by atoms with Crippen molar-refractivity contribution in [1.29, 1.82) is 0 Å². The van der Waals surface area contributed by atoms with Crippen LogP contribution in [0.25, 0.3) is 0 Å². The van der Waals surface area contributed by atoms with Crippen molar-refractivity contribution in [3.63, 3.8) is 0 Å². The molecule has 0 bridgehead atoms. The van der Waals surface area contributed by atoms with E-state index in [1.165, 1.54) is 25.3 Å². The van der Waals surface area contributed by atoms with E-state index in [2.05, 4.69) is 0 Å². The smallest absolute Gasteiger partial charge is 0.416 e. The van der Waals surface area contributed by atoms with Crippen LogP contribution < -0.4 is 0 Å². The number of methoxy groups -OCH3 is 1. The molecule has 0 saturated carbocycles. The lowest BCUT2D eigenvalue weighted by molar-refractivity contribution is -0.143. The minimum atomic E-state index is -4.75. The van der Waals surface area contributed by atoms with Gasteiger partial charge in [0.2, 0.25) is 0 Å². The number of hydrogen-bond donors (Lipinski definition) is 0. The fraction of sp³-hybridized carbons (Fsp3) is 0.250. The van der Waals surface area contributed by atoms with Crippen molar-refractivity contribution in [3.05, 3.63) is 130 Å². The van der Waals surface area contributed by atoms with Gasteiger partial charge in [-0.05, 0) is 36.6 Å². The first-order valence-corrected chi connectivity index (χ1v) is 12.9. The third-order valence-corrected chi connectivity index (χ3v) is 6.87. The van der Waals surface area contributed by atoms with Gasteiger partial charge in [0, 0.05) is 18.5 Å². The highest BCUT2D eigenvalue weighted by molar-refractivity contribution is 6.00. The lowest BCUT2D eigenvalue weighted by Gasteiger charge is -2.38. The third kappa shape index (κ3) is 6.69. The minimum Gasteiger partial charge on any atom is -0.457 e. The summed E-state index contributed by atoms with van der Waals surface area (Å²) in [6, 6.07) is 22.7. The summed E-state index contributed by atoms with van der Waals surface area (Å²) in [5, 5.41) is 0. The van der Waals surface area contributed by atoms with Crippen molar-refractivity contribution in [1.82, 2.24) is 4.90 Å². The van der Waals surface area contributed by atoms with Crippen LogP contribution >= 0.6 is 0 Å². The normalized spacial score (nSPS) is 14.3. The number of halogens is 3. The van der Waals surface area contributed by atoms with Crippen LogP contribution in [0.2, 0.25) is 0 Å². The number of carbonyl (C=O) groups excluding carboxylic acids is 2. The monoisotopic (exact) mass is 565 g/mol. The van der Waals surface area contributed by atoms with Gasteiger partial charge in [-0.15, -0.1) is 0 Å². The van der Waals surface area contributed by atoms with Gasteiger partial charge in [0.05, 0.1) is 22.6 Å². The summed E-state index contributed by atoms with van der Waals surface area (Å²) in [7, 11) is 1.44. The average molecular weight is 566 g/mol. The second kappa shape index (κ2) is 12.9. The van der Waals surface area contributed by atoms with Gasteiger partial charge in [-0.1, -0.05) is 78.9 Å². The van der Waals surface area contributed by atoms with Crippen molar-refractivity contribution in [2.75, 3.05) is 13.8 Å². The van der Waals surface area contributed by atoms with Crippen molar-refractivity contribution in [2.45, 2.75) is 39.2 Å². The van der Waals surface area contributed by atoms with E-state index in [4.69, 9.17) is 14.2 Å². The molecular formula is C32H30F3NO5. The van der Waals surface area contributed by atoms with Gasteiger partial charge in [-0.3, -0.25) is 0 Å².